The largest absolute Gasteiger partial charge is 0.396 e. The fourth-order valence-electron chi connectivity index (χ4n) is 3.94. The van der Waals surface area contributed by atoms with Gasteiger partial charge in [0.25, 0.3) is 0 Å². The molecule has 162 valence electrons. The molecule has 1 saturated heterocycles. The fourth-order valence-corrected chi connectivity index (χ4v) is 3.94. The highest BCUT2D eigenvalue weighted by Crippen LogP contribution is 2.29. The van der Waals surface area contributed by atoms with Gasteiger partial charge in [-0.15, -0.1) is 0 Å². The molecular weight excluding hydrogens is 392 g/mol. The van der Waals surface area contributed by atoms with Crippen molar-refractivity contribution >= 4 is 28.5 Å². The second-order valence-corrected chi connectivity index (χ2v) is 7.60. The van der Waals surface area contributed by atoms with Crippen molar-refractivity contribution in [3.8, 4) is 11.4 Å². The molecular formula is C22H29N8O+. The van der Waals surface area contributed by atoms with Crippen molar-refractivity contribution < 1.29 is 10.4 Å². The Morgan fingerprint density at radius 1 is 1.23 bits per heavy atom. The Morgan fingerprint density at radius 2 is 2.06 bits per heavy atom. The highest BCUT2D eigenvalue weighted by Gasteiger charge is 2.19. The zero-order valence-electron chi connectivity index (χ0n) is 17.8. The molecule has 31 heavy (non-hydrogen) atoms. The van der Waals surface area contributed by atoms with Gasteiger partial charge in [0.1, 0.15) is 24.0 Å². The first-order valence-electron chi connectivity index (χ1n) is 10.6. The second-order valence-electron chi connectivity index (χ2n) is 7.60. The average molecular weight is 422 g/mol. The summed E-state index contributed by atoms with van der Waals surface area (Å²) in [6, 6.07) is 8.03. The van der Waals surface area contributed by atoms with Gasteiger partial charge in [-0.2, -0.15) is 5.10 Å². The Labute approximate surface area is 181 Å². The molecule has 1 aliphatic rings. The minimum absolute atomic E-state index is 0.239. The predicted molar refractivity (Wildman–Crippen MR) is 122 cm³/mol. The van der Waals surface area contributed by atoms with E-state index in [4.69, 9.17) is 10.5 Å². The number of H-pyrrole nitrogens is 1. The fraction of sp³-hybridized carbons (Fsp3) is 0.364. The van der Waals surface area contributed by atoms with Crippen LogP contribution in [0.2, 0.25) is 0 Å². The number of nitrogens with zero attached hydrogens (tertiary/aromatic N) is 5. The third-order valence-electron chi connectivity index (χ3n) is 5.62. The van der Waals surface area contributed by atoms with Crippen LogP contribution in [0.1, 0.15) is 12.0 Å². The molecule has 0 unspecified atom stereocenters. The highest BCUT2D eigenvalue weighted by atomic mass is 16.3. The molecule has 0 atom stereocenters. The van der Waals surface area contributed by atoms with Crippen LogP contribution in [0.25, 0.3) is 27.9 Å². The number of hydrogen-bond acceptors (Lipinski definition) is 7. The molecule has 0 aliphatic carbocycles. The van der Waals surface area contributed by atoms with Crippen molar-refractivity contribution in [2.24, 2.45) is 0 Å². The summed E-state index contributed by atoms with van der Waals surface area (Å²) in [7, 11) is 1.94. The van der Waals surface area contributed by atoms with Crippen LogP contribution in [-0.4, -0.2) is 82.8 Å². The molecule has 9 nitrogen and oxygen atoms in total. The monoisotopic (exact) mass is 421 g/mol. The van der Waals surface area contributed by atoms with Crippen LogP contribution in [-0.2, 0) is 0 Å². The van der Waals surface area contributed by atoms with E-state index in [1.54, 1.807) is 6.33 Å². The Morgan fingerprint density at radius 3 is 2.81 bits per heavy atom. The van der Waals surface area contributed by atoms with Crippen LogP contribution in [0, 0.1) is 5.41 Å². The lowest BCUT2D eigenvalue weighted by atomic mass is 10.0. The summed E-state index contributed by atoms with van der Waals surface area (Å²) in [6.45, 7) is 4.89. The van der Waals surface area contributed by atoms with Gasteiger partial charge in [-0.1, -0.05) is 6.07 Å². The molecule has 0 saturated carbocycles. The number of allylic oxidation sites excluding steroid dienone is 1. The maximum atomic E-state index is 9.03. The number of rotatable bonds is 8. The first kappa shape index (κ1) is 21.1. The summed E-state index contributed by atoms with van der Waals surface area (Å²) in [5.74, 6) is 0.903. The number of fused-ring (bicyclic) bond motifs is 1. The molecule has 0 amide bonds. The van der Waals surface area contributed by atoms with Crippen molar-refractivity contribution in [3.63, 3.8) is 0 Å². The maximum absolute atomic E-state index is 9.03. The molecule has 5 N–H and O–H groups in total. The number of aliphatic hydroxyl groups is 1. The molecule has 9 heteroatoms. The van der Waals surface area contributed by atoms with Crippen LogP contribution in [0.4, 0.5) is 5.82 Å². The number of aromatic amines is 1. The van der Waals surface area contributed by atoms with Crippen LogP contribution in [0.3, 0.4) is 0 Å². The lowest BCUT2D eigenvalue weighted by Gasteiger charge is -2.35. The number of anilines is 1. The van der Waals surface area contributed by atoms with Gasteiger partial charge in [0, 0.05) is 57.0 Å². The van der Waals surface area contributed by atoms with E-state index >= 15 is 0 Å². The van der Waals surface area contributed by atoms with E-state index in [2.05, 4.69) is 36.0 Å². The van der Waals surface area contributed by atoms with E-state index in [9.17, 15) is 0 Å². The quantitative estimate of drug-likeness (QED) is 0.398. The van der Waals surface area contributed by atoms with Gasteiger partial charge in [-0.25, -0.2) is 9.97 Å². The summed E-state index contributed by atoms with van der Waals surface area (Å²) in [5.41, 5.74) is 4.31. The number of piperazine rings is 1. The maximum Gasteiger partial charge on any atom is 0.132 e. The van der Waals surface area contributed by atoms with Crippen LogP contribution < -0.4 is 10.2 Å². The summed E-state index contributed by atoms with van der Waals surface area (Å²) < 4.78 is 0. The lowest BCUT2D eigenvalue weighted by Crippen LogP contribution is -2.72. The van der Waals surface area contributed by atoms with Gasteiger partial charge in [0.2, 0.25) is 0 Å². The summed E-state index contributed by atoms with van der Waals surface area (Å²) in [5, 5.41) is 27.3. The van der Waals surface area contributed by atoms with Gasteiger partial charge in [0.15, 0.2) is 0 Å². The zero-order valence-corrected chi connectivity index (χ0v) is 17.8. The number of nitrogens with two attached hydrogens (primary N) is 1. The number of benzene rings is 1. The van der Waals surface area contributed by atoms with Crippen molar-refractivity contribution in [2.75, 3.05) is 51.3 Å². The van der Waals surface area contributed by atoms with Gasteiger partial charge in [-0.3, -0.25) is 10.00 Å². The van der Waals surface area contributed by atoms with E-state index in [-0.39, 0.29) is 6.61 Å². The number of aromatic nitrogens is 4. The Hall–Kier alpha value is -3.14. The zero-order chi connectivity index (χ0) is 21.6. The van der Waals surface area contributed by atoms with Gasteiger partial charge in [-0.05, 0) is 24.1 Å². The van der Waals surface area contributed by atoms with Gasteiger partial charge in [0.05, 0.1) is 23.8 Å². The van der Waals surface area contributed by atoms with Crippen LogP contribution >= 0.6 is 0 Å². The molecule has 0 spiro atoms. The average Bonchev–Trinajstić information content (AvgIpc) is 3.25. The van der Waals surface area contributed by atoms with E-state index in [0.717, 1.165) is 78.4 Å². The number of nitrogens with one attached hydrogen (secondary N) is 2. The summed E-state index contributed by atoms with van der Waals surface area (Å²) >= 11 is 0. The van der Waals surface area contributed by atoms with E-state index in [0.29, 0.717) is 0 Å². The van der Waals surface area contributed by atoms with Crippen LogP contribution in [0.15, 0.2) is 36.8 Å². The molecule has 1 aliphatic heterocycles. The van der Waals surface area contributed by atoms with Crippen LogP contribution in [0.5, 0.6) is 0 Å². The SMILES string of the molecule is C[NH2+]/C=C(\C=N)c1ccc2[nH]nc(-c3cc(N4CCN(CCCO)CC4)ncn3)c2c1. The normalized spacial score (nSPS) is 15.5. The van der Waals surface area contributed by atoms with Gasteiger partial charge < -0.3 is 20.7 Å². The third-order valence-corrected chi connectivity index (χ3v) is 5.62. The molecule has 1 fully saturated rings. The smallest absolute Gasteiger partial charge is 0.132 e. The second kappa shape index (κ2) is 9.78. The van der Waals surface area contributed by atoms with E-state index < -0.39 is 0 Å². The Kier molecular flexibility index (Phi) is 6.66. The molecule has 3 heterocycles. The molecule has 0 bridgehead atoms. The number of hydrogen-bond donors (Lipinski definition) is 4. The Bertz CT molecular complexity index is 1070. The van der Waals surface area contributed by atoms with Crippen molar-refractivity contribution in [2.45, 2.75) is 6.42 Å². The predicted octanol–water partition coefficient (Wildman–Crippen LogP) is 0.708. The number of quaternary nitrogens is 1. The number of aliphatic hydroxyl groups excluding tert-OH is 1. The van der Waals surface area contributed by atoms with Gasteiger partial charge >= 0.3 is 0 Å². The first-order chi connectivity index (χ1) is 15.2. The minimum Gasteiger partial charge on any atom is -0.396 e. The molecule has 3 aromatic rings. The first-order valence-corrected chi connectivity index (χ1v) is 10.6. The van der Waals surface area contributed by atoms with Crippen molar-refractivity contribution in [1.82, 2.24) is 25.1 Å². The molecule has 2 aromatic heterocycles. The molecule has 0 radical (unpaired) electrons. The summed E-state index contributed by atoms with van der Waals surface area (Å²) in [6.07, 6.45) is 5.71. The molecule has 4 rings (SSSR count). The van der Waals surface area contributed by atoms with Crippen molar-refractivity contribution in [3.05, 3.63) is 42.4 Å². The van der Waals surface area contributed by atoms with E-state index in [1.165, 1.54) is 6.21 Å². The third kappa shape index (κ3) is 4.63. The summed E-state index contributed by atoms with van der Waals surface area (Å²) in [4.78, 5) is 13.6. The lowest BCUT2D eigenvalue weighted by molar-refractivity contribution is -0.555. The minimum atomic E-state index is 0.239. The standard InChI is InChI=1S/C22H28N8O/c1-24-14-17(13-23)16-3-4-19-18(11-16)22(28-27-19)20-12-21(26-15-25-20)30-8-6-29(7-9-30)5-2-10-31/h3-4,11-15,23-24,31H,2,5-10H2,1H3,(H,27,28)/p+1/b17-14+,23-13?. The topological polar surface area (TPSA) is 122 Å². The Balaban J connectivity index is 1.59. The van der Waals surface area contributed by atoms with Crippen molar-refractivity contribution in [1.29, 1.82) is 5.41 Å². The highest BCUT2D eigenvalue weighted by molar-refractivity contribution is 6.09. The van der Waals surface area contributed by atoms with E-state index in [1.807, 2.05) is 36.8 Å². The molecule has 1 aromatic carbocycles.